The lowest BCUT2D eigenvalue weighted by Crippen LogP contribution is -2.50. The highest BCUT2D eigenvalue weighted by molar-refractivity contribution is 5.69. The monoisotopic (exact) mass is 263 g/mol. The van der Waals surface area contributed by atoms with Crippen molar-refractivity contribution in [2.24, 2.45) is 0 Å². The fourth-order valence-electron chi connectivity index (χ4n) is 2.81. The minimum atomic E-state index is -0.421. The number of rotatable bonds is 1. The Morgan fingerprint density at radius 2 is 2.11 bits per heavy atom. The molecular formula is C14H21N3O2. The second kappa shape index (κ2) is 4.25. The molecule has 1 fully saturated rings. The number of nitrogens with zero attached hydrogens (tertiary/aromatic N) is 2. The van der Waals surface area contributed by atoms with E-state index in [4.69, 9.17) is 4.74 Å². The van der Waals surface area contributed by atoms with E-state index in [0.29, 0.717) is 5.92 Å². The van der Waals surface area contributed by atoms with Gasteiger partial charge in [0.1, 0.15) is 5.60 Å². The summed E-state index contributed by atoms with van der Waals surface area (Å²) in [5.41, 5.74) is 3.45. The van der Waals surface area contributed by atoms with E-state index in [1.165, 1.54) is 23.4 Å². The van der Waals surface area contributed by atoms with E-state index < -0.39 is 5.60 Å². The van der Waals surface area contributed by atoms with Crippen molar-refractivity contribution in [3.63, 3.8) is 0 Å². The summed E-state index contributed by atoms with van der Waals surface area (Å²) in [6.45, 7) is 7.13. The summed E-state index contributed by atoms with van der Waals surface area (Å²) >= 11 is 0. The topological polar surface area (TPSA) is 58.2 Å². The molecule has 1 N–H and O–H groups in total. The van der Waals surface area contributed by atoms with Crippen LogP contribution in [0.15, 0.2) is 0 Å². The number of likely N-dealkylation sites (tertiary alicyclic amines) is 1. The molecule has 1 aromatic rings. The van der Waals surface area contributed by atoms with Crippen LogP contribution in [0.2, 0.25) is 0 Å². The number of hydrogen-bond donors (Lipinski definition) is 1. The molecule has 19 heavy (non-hydrogen) atoms. The van der Waals surface area contributed by atoms with Gasteiger partial charge in [-0.2, -0.15) is 5.10 Å². The minimum Gasteiger partial charge on any atom is -0.444 e. The molecule has 2 heterocycles. The molecule has 0 bridgehead atoms. The van der Waals surface area contributed by atoms with Gasteiger partial charge in [-0.15, -0.1) is 0 Å². The minimum absolute atomic E-state index is 0.212. The Morgan fingerprint density at radius 1 is 1.37 bits per heavy atom. The molecule has 5 nitrogen and oxygen atoms in total. The zero-order chi connectivity index (χ0) is 13.6. The van der Waals surface area contributed by atoms with E-state index in [2.05, 4.69) is 10.2 Å². The number of hydrogen-bond acceptors (Lipinski definition) is 3. The summed E-state index contributed by atoms with van der Waals surface area (Å²) < 4.78 is 5.36. The van der Waals surface area contributed by atoms with Crippen LogP contribution >= 0.6 is 0 Å². The second-order valence-corrected chi connectivity index (χ2v) is 6.50. The van der Waals surface area contributed by atoms with Crippen molar-refractivity contribution in [2.75, 3.05) is 13.1 Å². The third-order valence-electron chi connectivity index (χ3n) is 3.76. The van der Waals surface area contributed by atoms with Crippen LogP contribution in [0.3, 0.4) is 0 Å². The molecule has 0 unspecified atom stereocenters. The average molecular weight is 263 g/mol. The zero-order valence-electron chi connectivity index (χ0n) is 11.8. The summed E-state index contributed by atoms with van der Waals surface area (Å²) in [6.07, 6.45) is 3.25. The number of ether oxygens (including phenoxy) is 1. The third kappa shape index (κ3) is 2.33. The molecule has 1 aliphatic heterocycles. The lowest BCUT2D eigenvalue weighted by molar-refractivity contribution is 0.00780. The Bertz CT molecular complexity index is 495. The van der Waals surface area contributed by atoms with Crippen LogP contribution in [0.1, 0.15) is 50.1 Å². The van der Waals surface area contributed by atoms with Gasteiger partial charge in [-0.25, -0.2) is 4.79 Å². The Hall–Kier alpha value is -1.52. The van der Waals surface area contributed by atoms with Gasteiger partial charge >= 0.3 is 6.09 Å². The van der Waals surface area contributed by atoms with Crippen molar-refractivity contribution in [2.45, 2.75) is 51.6 Å². The van der Waals surface area contributed by atoms with E-state index in [-0.39, 0.29) is 6.09 Å². The summed E-state index contributed by atoms with van der Waals surface area (Å²) in [4.78, 5) is 13.6. The number of aryl methyl sites for hydroxylation is 1. The van der Waals surface area contributed by atoms with Crippen molar-refractivity contribution < 1.29 is 9.53 Å². The summed E-state index contributed by atoms with van der Waals surface area (Å²) in [5, 5.41) is 7.56. The molecule has 1 aromatic heterocycles. The zero-order valence-corrected chi connectivity index (χ0v) is 11.8. The SMILES string of the molecule is CC(C)(C)OC(=O)N1CC(c2n[nH]c3c2CCC3)C1. The van der Waals surface area contributed by atoms with E-state index in [9.17, 15) is 4.79 Å². The van der Waals surface area contributed by atoms with Crippen LogP contribution in [0.5, 0.6) is 0 Å². The van der Waals surface area contributed by atoms with E-state index >= 15 is 0 Å². The molecule has 0 radical (unpaired) electrons. The van der Waals surface area contributed by atoms with E-state index in [0.717, 1.165) is 25.9 Å². The molecule has 0 spiro atoms. The van der Waals surface area contributed by atoms with Gasteiger partial charge in [0.15, 0.2) is 0 Å². The first kappa shape index (κ1) is 12.5. The maximum Gasteiger partial charge on any atom is 0.410 e. The number of aromatic nitrogens is 2. The van der Waals surface area contributed by atoms with E-state index in [1.54, 1.807) is 4.90 Å². The normalized spacial score (nSPS) is 19.2. The molecule has 3 rings (SSSR count). The molecule has 1 saturated heterocycles. The summed E-state index contributed by atoms with van der Waals surface area (Å²) in [6, 6.07) is 0. The number of nitrogens with one attached hydrogen (secondary N) is 1. The summed E-state index contributed by atoms with van der Waals surface area (Å²) in [5.74, 6) is 0.380. The number of H-pyrrole nitrogens is 1. The lowest BCUT2D eigenvalue weighted by Gasteiger charge is -2.39. The number of fused-ring (bicyclic) bond motifs is 1. The molecule has 2 aliphatic rings. The van der Waals surface area contributed by atoms with Crippen molar-refractivity contribution in [3.8, 4) is 0 Å². The highest BCUT2D eigenvalue weighted by Crippen LogP contribution is 2.33. The Morgan fingerprint density at radius 3 is 2.79 bits per heavy atom. The quantitative estimate of drug-likeness (QED) is 0.845. The number of aromatic amines is 1. The van der Waals surface area contributed by atoms with Crippen LogP contribution in [0, 0.1) is 0 Å². The van der Waals surface area contributed by atoms with Crippen LogP contribution < -0.4 is 0 Å². The van der Waals surface area contributed by atoms with Crippen LogP contribution in [0.25, 0.3) is 0 Å². The van der Waals surface area contributed by atoms with Gasteiger partial charge < -0.3 is 9.64 Å². The van der Waals surface area contributed by atoms with Crippen LogP contribution in [-0.4, -0.2) is 39.9 Å². The molecule has 1 amide bonds. The third-order valence-corrected chi connectivity index (χ3v) is 3.76. The molecule has 1 aliphatic carbocycles. The number of amides is 1. The standard InChI is InChI=1S/C14H21N3O2/c1-14(2,3)19-13(18)17-7-9(8-17)12-10-5-4-6-11(10)15-16-12/h9H,4-8H2,1-3H3,(H,15,16). The largest absolute Gasteiger partial charge is 0.444 e. The smallest absolute Gasteiger partial charge is 0.410 e. The highest BCUT2D eigenvalue weighted by atomic mass is 16.6. The molecular weight excluding hydrogens is 242 g/mol. The predicted molar refractivity (Wildman–Crippen MR) is 71.2 cm³/mol. The average Bonchev–Trinajstić information content (AvgIpc) is 2.76. The van der Waals surface area contributed by atoms with Crippen LogP contribution in [-0.2, 0) is 17.6 Å². The van der Waals surface area contributed by atoms with Crippen molar-refractivity contribution in [1.82, 2.24) is 15.1 Å². The molecule has 0 aromatic carbocycles. The van der Waals surface area contributed by atoms with Crippen molar-refractivity contribution >= 4 is 6.09 Å². The lowest BCUT2D eigenvalue weighted by atomic mass is 9.93. The first-order valence-electron chi connectivity index (χ1n) is 6.98. The van der Waals surface area contributed by atoms with Crippen molar-refractivity contribution in [1.29, 1.82) is 0 Å². The fourth-order valence-corrected chi connectivity index (χ4v) is 2.81. The Balaban J connectivity index is 1.59. The summed E-state index contributed by atoms with van der Waals surface area (Å²) in [7, 11) is 0. The molecule has 5 heteroatoms. The second-order valence-electron chi connectivity index (χ2n) is 6.50. The van der Waals surface area contributed by atoms with Crippen LogP contribution in [0.4, 0.5) is 4.79 Å². The van der Waals surface area contributed by atoms with Gasteiger partial charge in [-0.05, 0) is 45.6 Å². The maximum absolute atomic E-state index is 11.9. The van der Waals surface area contributed by atoms with Gasteiger partial charge in [-0.3, -0.25) is 5.10 Å². The van der Waals surface area contributed by atoms with Gasteiger partial charge in [0.05, 0.1) is 5.69 Å². The predicted octanol–water partition coefficient (Wildman–Crippen LogP) is 2.23. The number of carbonyl (C=O) groups excluding carboxylic acids is 1. The molecule has 0 saturated carbocycles. The maximum atomic E-state index is 11.9. The van der Waals surface area contributed by atoms with E-state index in [1.807, 2.05) is 20.8 Å². The number of carbonyl (C=O) groups is 1. The van der Waals surface area contributed by atoms with Gasteiger partial charge in [0.25, 0.3) is 0 Å². The van der Waals surface area contributed by atoms with Gasteiger partial charge in [-0.1, -0.05) is 0 Å². The molecule has 0 atom stereocenters. The fraction of sp³-hybridized carbons (Fsp3) is 0.714. The van der Waals surface area contributed by atoms with Crippen molar-refractivity contribution in [3.05, 3.63) is 17.0 Å². The van der Waals surface area contributed by atoms with Gasteiger partial charge in [0.2, 0.25) is 0 Å². The Labute approximate surface area is 113 Å². The molecule has 104 valence electrons. The first-order chi connectivity index (χ1) is 8.94. The van der Waals surface area contributed by atoms with Gasteiger partial charge in [0, 0.05) is 24.7 Å². The Kier molecular flexibility index (Phi) is 2.80. The highest BCUT2D eigenvalue weighted by Gasteiger charge is 2.37. The first-order valence-corrected chi connectivity index (χ1v) is 6.98.